The molecule has 0 unspecified atom stereocenters. The number of ether oxygens (including phenoxy) is 1. The summed E-state index contributed by atoms with van der Waals surface area (Å²) in [4.78, 5) is 0. The van der Waals surface area contributed by atoms with E-state index in [0.717, 1.165) is 33.9 Å². The van der Waals surface area contributed by atoms with Gasteiger partial charge < -0.3 is 9.30 Å². The molecule has 0 aromatic heterocycles. The number of methoxy groups -OCH3 is 1. The Morgan fingerprint density at radius 3 is 1.78 bits per heavy atom. The lowest BCUT2D eigenvalue weighted by Gasteiger charge is -2.30. The minimum absolute atomic E-state index is 0.171. The summed E-state index contributed by atoms with van der Waals surface area (Å²) < 4.78 is 19.9. The molecule has 0 heterocycles. The summed E-state index contributed by atoms with van der Waals surface area (Å²) in [5, 5.41) is 1.75. The third kappa shape index (κ3) is 3.77. The molecule has 0 aliphatic heterocycles. The lowest BCUT2D eigenvalue weighted by Crippen LogP contribution is -2.26. The molecule has 0 spiro atoms. The first-order valence-electron chi connectivity index (χ1n) is 9.15. The smallest absolute Gasteiger partial charge is 0.150 e. The second kappa shape index (κ2) is 8.41. The third-order valence-corrected chi connectivity index (χ3v) is 8.65. The molecule has 3 aromatic rings. The van der Waals surface area contributed by atoms with E-state index in [9.17, 15) is 4.57 Å². The van der Waals surface area contributed by atoms with Crippen molar-refractivity contribution in [1.82, 2.24) is 0 Å². The number of benzene rings is 3. The maximum atomic E-state index is 14.6. The highest BCUT2D eigenvalue weighted by Crippen LogP contribution is 2.54. The molecule has 0 fully saturated rings. The Hall–Kier alpha value is -2.57. The SMILES string of the molecule is C=C(c1ccc(OC)cc1)[C@H](CC)P(=O)(c1ccccc1)c1ccccc1. The van der Waals surface area contributed by atoms with Gasteiger partial charge in [-0.2, -0.15) is 0 Å². The first-order valence-corrected chi connectivity index (χ1v) is 10.9. The second-order valence-corrected chi connectivity index (χ2v) is 9.48. The van der Waals surface area contributed by atoms with Crippen LogP contribution in [-0.4, -0.2) is 12.8 Å². The van der Waals surface area contributed by atoms with Crippen molar-refractivity contribution in [3.63, 3.8) is 0 Å². The molecule has 0 aliphatic rings. The fourth-order valence-electron chi connectivity index (χ4n) is 3.53. The van der Waals surface area contributed by atoms with Crippen molar-refractivity contribution in [1.29, 1.82) is 0 Å². The van der Waals surface area contributed by atoms with Gasteiger partial charge in [-0.05, 0) is 29.7 Å². The molecule has 0 N–H and O–H groups in total. The van der Waals surface area contributed by atoms with E-state index in [1.807, 2.05) is 84.9 Å². The van der Waals surface area contributed by atoms with Gasteiger partial charge in [0.1, 0.15) is 12.9 Å². The predicted octanol–water partition coefficient (Wildman–Crippen LogP) is 5.50. The summed E-state index contributed by atoms with van der Waals surface area (Å²) in [7, 11) is -1.25. The Balaban J connectivity index is 2.12. The zero-order chi connectivity index (χ0) is 19.3. The molecule has 0 radical (unpaired) electrons. The van der Waals surface area contributed by atoms with E-state index in [2.05, 4.69) is 13.5 Å². The zero-order valence-corrected chi connectivity index (χ0v) is 16.7. The van der Waals surface area contributed by atoms with Crippen molar-refractivity contribution in [3.05, 3.63) is 97.1 Å². The average Bonchev–Trinajstić information content (AvgIpc) is 2.75. The van der Waals surface area contributed by atoms with Crippen molar-refractivity contribution in [2.45, 2.75) is 19.0 Å². The summed E-state index contributed by atoms with van der Waals surface area (Å²) in [6, 6.07) is 27.4. The maximum Gasteiger partial charge on any atom is 0.150 e. The molecular weight excluding hydrogens is 351 g/mol. The summed E-state index contributed by atoms with van der Waals surface area (Å²) in [6.45, 7) is 6.44. The lowest BCUT2D eigenvalue weighted by atomic mass is 10.0. The highest BCUT2D eigenvalue weighted by Gasteiger charge is 2.37. The summed E-state index contributed by atoms with van der Waals surface area (Å²) in [6.07, 6.45) is 0.742. The molecule has 3 heteroatoms. The van der Waals surface area contributed by atoms with Gasteiger partial charge in [0.05, 0.1) is 7.11 Å². The Kier molecular flexibility index (Phi) is 5.98. The topological polar surface area (TPSA) is 26.3 Å². The van der Waals surface area contributed by atoms with Crippen LogP contribution in [0.1, 0.15) is 18.9 Å². The van der Waals surface area contributed by atoms with Gasteiger partial charge in [-0.3, -0.25) is 0 Å². The van der Waals surface area contributed by atoms with Crippen molar-refractivity contribution in [2.75, 3.05) is 7.11 Å². The molecule has 0 bridgehead atoms. The Morgan fingerprint density at radius 2 is 1.37 bits per heavy atom. The number of allylic oxidation sites excluding steroid dienone is 1. The van der Waals surface area contributed by atoms with Gasteiger partial charge in [0, 0.05) is 16.3 Å². The minimum Gasteiger partial charge on any atom is -0.497 e. The second-order valence-electron chi connectivity index (χ2n) is 6.51. The van der Waals surface area contributed by atoms with Gasteiger partial charge in [-0.25, -0.2) is 0 Å². The van der Waals surface area contributed by atoms with Crippen LogP contribution in [0.5, 0.6) is 5.75 Å². The van der Waals surface area contributed by atoms with E-state index in [0.29, 0.717) is 0 Å². The molecule has 0 aliphatic carbocycles. The van der Waals surface area contributed by atoms with Gasteiger partial charge in [0.2, 0.25) is 0 Å². The Morgan fingerprint density at radius 1 is 0.889 bits per heavy atom. The summed E-state index contributed by atoms with van der Waals surface area (Å²) in [5.74, 6) is 0.800. The van der Waals surface area contributed by atoms with E-state index >= 15 is 0 Å². The van der Waals surface area contributed by atoms with Crippen molar-refractivity contribution in [3.8, 4) is 5.75 Å². The van der Waals surface area contributed by atoms with Crippen molar-refractivity contribution >= 4 is 23.3 Å². The molecule has 3 aromatic carbocycles. The largest absolute Gasteiger partial charge is 0.497 e. The van der Waals surface area contributed by atoms with E-state index in [4.69, 9.17) is 4.74 Å². The van der Waals surface area contributed by atoms with Gasteiger partial charge in [0.25, 0.3) is 0 Å². The minimum atomic E-state index is -2.91. The van der Waals surface area contributed by atoms with Crippen LogP contribution in [0.25, 0.3) is 5.57 Å². The summed E-state index contributed by atoms with van der Waals surface area (Å²) in [5.41, 5.74) is 1.72. The first-order chi connectivity index (χ1) is 13.1. The number of rotatable bonds is 7. The van der Waals surface area contributed by atoms with Crippen LogP contribution in [-0.2, 0) is 4.57 Å². The fraction of sp³-hybridized carbons (Fsp3) is 0.167. The normalized spacial score (nSPS) is 12.4. The van der Waals surface area contributed by atoms with Crippen LogP contribution < -0.4 is 15.3 Å². The van der Waals surface area contributed by atoms with Crippen LogP contribution in [0.2, 0.25) is 0 Å². The molecule has 0 amide bonds. The Labute approximate surface area is 161 Å². The zero-order valence-electron chi connectivity index (χ0n) is 15.8. The summed E-state index contributed by atoms with van der Waals surface area (Å²) >= 11 is 0. The van der Waals surface area contributed by atoms with Crippen LogP contribution in [0.4, 0.5) is 0 Å². The lowest BCUT2D eigenvalue weighted by molar-refractivity contribution is 0.415. The van der Waals surface area contributed by atoms with Crippen molar-refractivity contribution < 1.29 is 9.30 Å². The molecule has 2 nitrogen and oxygen atoms in total. The van der Waals surface area contributed by atoms with E-state index in [1.165, 1.54) is 0 Å². The van der Waals surface area contributed by atoms with Gasteiger partial charge in [-0.1, -0.05) is 86.3 Å². The van der Waals surface area contributed by atoms with Crippen LogP contribution in [0.15, 0.2) is 91.5 Å². The van der Waals surface area contributed by atoms with E-state index in [-0.39, 0.29) is 5.66 Å². The molecule has 0 saturated carbocycles. The number of hydrogen-bond donors (Lipinski definition) is 0. The number of hydrogen-bond acceptors (Lipinski definition) is 2. The quantitative estimate of drug-likeness (QED) is 0.509. The maximum absolute atomic E-state index is 14.6. The predicted molar refractivity (Wildman–Crippen MR) is 116 cm³/mol. The highest BCUT2D eigenvalue weighted by molar-refractivity contribution is 7.79. The van der Waals surface area contributed by atoms with Crippen LogP contribution in [0, 0.1) is 0 Å². The highest BCUT2D eigenvalue weighted by atomic mass is 31.2. The Bertz CT molecular complexity index is 888. The average molecular weight is 376 g/mol. The van der Waals surface area contributed by atoms with Gasteiger partial charge >= 0.3 is 0 Å². The van der Waals surface area contributed by atoms with E-state index < -0.39 is 7.14 Å². The van der Waals surface area contributed by atoms with Crippen molar-refractivity contribution in [2.24, 2.45) is 0 Å². The van der Waals surface area contributed by atoms with Crippen LogP contribution >= 0.6 is 7.14 Å². The molecule has 27 heavy (non-hydrogen) atoms. The molecule has 0 saturated heterocycles. The molecule has 1 atom stereocenters. The fourth-order valence-corrected chi connectivity index (χ4v) is 6.88. The van der Waals surface area contributed by atoms with E-state index in [1.54, 1.807) is 7.11 Å². The van der Waals surface area contributed by atoms with Gasteiger partial charge in [-0.15, -0.1) is 0 Å². The van der Waals surface area contributed by atoms with Crippen LogP contribution in [0.3, 0.4) is 0 Å². The molecule has 138 valence electrons. The standard InChI is InChI=1S/C24H25O2P/c1-4-24(19(2)20-15-17-21(26-3)18-16-20)27(25,22-11-7-5-8-12-22)23-13-9-6-10-14-23/h5-18,24H,2,4H2,1,3H3/t24-/m0/s1. The molecule has 3 rings (SSSR count). The first kappa shape index (κ1) is 19.2. The molecular formula is C24H25O2P. The van der Waals surface area contributed by atoms with Gasteiger partial charge in [0.15, 0.2) is 0 Å². The third-order valence-electron chi connectivity index (χ3n) is 4.97. The monoisotopic (exact) mass is 376 g/mol.